The van der Waals surface area contributed by atoms with E-state index < -0.39 is 17.1 Å². The van der Waals surface area contributed by atoms with Gasteiger partial charge in [0.2, 0.25) is 17.7 Å². The third-order valence-electron chi connectivity index (χ3n) is 7.82. The molecule has 0 bridgehead atoms. The van der Waals surface area contributed by atoms with Crippen LogP contribution in [0.4, 0.5) is 17.1 Å². The van der Waals surface area contributed by atoms with Gasteiger partial charge in [0.1, 0.15) is 23.3 Å². The molecular formula is C32H30N4O6S2. The van der Waals surface area contributed by atoms with E-state index in [-0.39, 0.29) is 29.1 Å². The molecule has 10 nitrogen and oxygen atoms in total. The van der Waals surface area contributed by atoms with Crippen molar-refractivity contribution in [3.63, 3.8) is 0 Å². The summed E-state index contributed by atoms with van der Waals surface area (Å²) in [7, 11) is 6.99. The Morgan fingerprint density at radius 2 is 1.48 bits per heavy atom. The molecule has 2 unspecified atom stereocenters. The van der Waals surface area contributed by atoms with Crippen LogP contribution in [0.15, 0.2) is 82.6 Å². The highest BCUT2D eigenvalue weighted by Crippen LogP contribution is 2.54. The summed E-state index contributed by atoms with van der Waals surface area (Å²) in [5, 5.41) is 2.58. The Balaban J connectivity index is 1.38. The van der Waals surface area contributed by atoms with E-state index in [0.717, 1.165) is 22.6 Å². The number of anilines is 3. The Labute approximate surface area is 262 Å². The van der Waals surface area contributed by atoms with Gasteiger partial charge in [-0.2, -0.15) is 0 Å². The van der Waals surface area contributed by atoms with Crippen LogP contribution in [0, 0.1) is 5.92 Å². The molecule has 1 aromatic heterocycles. The predicted octanol–water partition coefficient (Wildman–Crippen LogP) is 4.43. The minimum atomic E-state index is -0.777. The van der Waals surface area contributed by atoms with Crippen molar-refractivity contribution in [2.75, 3.05) is 43.4 Å². The number of methoxy groups -OCH3 is 2. The lowest BCUT2D eigenvalue weighted by atomic mass is 9.83. The molecule has 4 aromatic rings. The van der Waals surface area contributed by atoms with Gasteiger partial charge in [0.25, 0.3) is 0 Å². The molecule has 2 aliphatic heterocycles. The molecule has 3 atom stereocenters. The van der Waals surface area contributed by atoms with Crippen LogP contribution in [0.5, 0.6) is 11.5 Å². The van der Waals surface area contributed by atoms with Crippen molar-refractivity contribution < 1.29 is 23.9 Å². The number of hydrogen-bond donors (Lipinski definition) is 1. The van der Waals surface area contributed by atoms with Gasteiger partial charge in [-0.25, -0.2) is 4.90 Å². The zero-order valence-corrected chi connectivity index (χ0v) is 26.1. The fourth-order valence-electron chi connectivity index (χ4n) is 5.60. The zero-order chi connectivity index (χ0) is 31.1. The van der Waals surface area contributed by atoms with Crippen LogP contribution in [0.2, 0.25) is 0 Å². The molecule has 1 N–H and O–H groups in total. The summed E-state index contributed by atoms with van der Waals surface area (Å²) in [6, 6.07) is 21.5. The molecule has 0 spiro atoms. The average Bonchev–Trinajstić information content (AvgIpc) is 3.47. The maximum absolute atomic E-state index is 14.1. The van der Waals surface area contributed by atoms with E-state index in [9.17, 15) is 19.2 Å². The zero-order valence-electron chi connectivity index (χ0n) is 24.5. The van der Waals surface area contributed by atoms with Crippen molar-refractivity contribution in [3.8, 4) is 11.5 Å². The molecule has 44 heavy (non-hydrogen) atoms. The molecule has 3 aromatic carbocycles. The number of rotatable bonds is 8. The lowest BCUT2D eigenvalue weighted by molar-refractivity contribution is -0.122. The number of thioether (sulfide) groups is 1. The third-order valence-corrected chi connectivity index (χ3v) is 10.4. The first-order valence-electron chi connectivity index (χ1n) is 13.8. The summed E-state index contributed by atoms with van der Waals surface area (Å²) < 4.78 is 11.8. The maximum atomic E-state index is 14.1. The highest BCUT2D eigenvalue weighted by Gasteiger charge is 2.56. The second kappa shape index (κ2) is 11.9. The van der Waals surface area contributed by atoms with E-state index in [0.29, 0.717) is 32.8 Å². The van der Waals surface area contributed by atoms with Crippen LogP contribution in [-0.4, -0.2) is 55.9 Å². The monoisotopic (exact) mass is 630 g/mol. The lowest BCUT2D eigenvalue weighted by Gasteiger charge is -2.31. The number of imide groups is 1. The van der Waals surface area contributed by atoms with Crippen LogP contribution < -0.4 is 29.5 Å². The Kier molecular flexibility index (Phi) is 7.95. The summed E-state index contributed by atoms with van der Waals surface area (Å²) in [6.45, 7) is -0.238. The number of hydrogen-bond acceptors (Lipinski definition) is 9. The van der Waals surface area contributed by atoms with Gasteiger partial charge in [0, 0.05) is 36.3 Å². The lowest BCUT2D eigenvalue weighted by Crippen LogP contribution is -2.33. The van der Waals surface area contributed by atoms with Crippen molar-refractivity contribution in [1.82, 2.24) is 4.57 Å². The van der Waals surface area contributed by atoms with Gasteiger partial charge in [0.05, 0.1) is 30.9 Å². The Bertz CT molecular complexity index is 1780. The third kappa shape index (κ3) is 5.24. The highest BCUT2D eigenvalue weighted by molar-refractivity contribution is 8.00. The molecule has 1 fully saturated rings. The fraction of sp³-hybridized carbons (Fsp3) is 0.250. The molecule has 0 radical (unpaired) electrons. The largest absolute Gasteiger partial charge is 0.497 e. The van der Waals surface area contributed by atoms with Gasteiger partial charge in [-0.3, -0.25) is 23.7 Å². The standard InChI is InChI=1S/C32H30N4O6S2/c1-34(2)20-9-5-18(6-10-20)25-26-27(30(39)36(29(26)38)21-11-15-23(42-4)16-12-21)43-31-28(25)44-32(40)35(31)17-24(37)33-19-7-13-22(41-3)14-8-19/h5-16,25-27H,17H2,1-4H3,(H,33,37)/t25-,26?,27?/m1/s1. The maximum Gasteiger partial charge on any atom is 0.308 e. The van der Waals surface area contributed by atoms with Crippen LogP contribution >= 0.6 is 23.1 Å². The smallest absolute Gasteiger partial charge is 0.308 e. The summed E-state index contributed by atoms with van der Waals surface area (Å²) in [4.78, 5) is 58.1. The summed E-state index contributed by atoms with van der Waals surface area (Å²) >= 11 is 2.20. The van der Waals surface area contributed by atoms with Crippen molar-refractivity contribution in [1.29, 1.82) is 0 Å². The summed E-state index contributed by atoms with van der Waals surface area (Å²) in [6.07, 6.45) is 0. The van der Waals surface area contributed by atoms with Gasteiger partial charge in [-0.15, -0.1) is 0 Å². The molecule has 6 rings (SSSR count). The molecule has 0 aliphatic carbocycles. The fourth-order valence-corrected chi connectivity index (χ4v) is 8.37. The first-order chi connectivity index (χ1) is 21.2. The number of fused-ring (bicyclic) bond motifs is 2. The molecular weight excluding hydrogens is 601 g/mol. The molecule has 3 amide bonds. The number of nitrogens with one attached hydrogen (secondary N) is 1. The van der Waals surface area contributed by atoms with Gasteiger partial charge >= 0.3 is 4.87 Å². The van der Waals surface area contributed by atoms with E-state index in [1.54, 1.807) is 62.8 Å². The summed E-state index contributed by atoms with van der Waals surface area (Å²) in [5.74, 6) is -1.08. The van der Waals surface area contributed by atoms with Crippen LogP contribution in [0.3, 0.4) is 0 Å². The van der Waals surface area contributed by atoms with Crippen molar-refractivity contribution in [2.45, 2.75) is 22.7 Å². The van der Waals surface area contributed by atoms with E-state index in [2.05, 4.69) is 5.32 Å². The number of carbonyl (C=O) groups excluding carboxylic acids is 3. The SMILES string of the molecule is COc1ccc(NC(=O)Cn2c3c(sc2=O)[C@H](c2ccc(N(C)C)cc2)C2C(=O)N(c4ccc(OC)cc4)C(=O)C2S3)cc1. The number of ether oxygens (including phenoxy) is 2. The van der Waals surface area contributed by atoms with Crippen LogP contribution in [0.25, 0.3) is 0 Å². The van der Waals surface area contributed by atoms with E-state index in [4.69, 9.17) is 9.47 Å². The molecule has 2 aliphatic rings. The average molecular weight is 631 g/mol. The highest BCUT2D eigenvalue weighted by atomic mass is 32.2. The van der Waals surface area contributed by atoms with Gasteiger partial charge in [-0.05, 0) is 66.2 Å². The second-order valence-corrected chi connectivity index (χ2v) is 12.8. The normalized spacial score (nSPS) is 18.9. The van der Waals surface area contributed by atoms with Crippen molar-refractivity contribution in [3.05, 3.63) is 92.9 Å². The Morgan fingerprint density at radius 3 is 2.07 bits per heavy atom. The van der Waals surface area contributed by atoms with Crippen molar-refractivity contribution in [2.24, 2.45) is 5.92 Å². The Morgan fingerprint density at radius 1 is 0.864 bits per heavy atom. The predicted molar refractivity (Wildman–Crippen MR) is 171 cm³/mol. The van der Waals surface area contributed by atoms with Crippen LogP contribution in [0.1, 0.15) is 16.4 Å². The number of aromatic nitrogens is 1. The quantitative estimate of drug-likeness (QED) is 0.285. The number of benzene rings is 3. The first-order valence-corrected chi connectivity index (χ1v) is 15.5. The van der Waals surface area contributed by atoms with E-state index in [1.165, 1.54) is 21.2 Å². The number of thiazole rings is 1. The van der Waals surface area contributed by atoms with Crippen LogP contribution in [-0.2, 0) is 20.9 Å². The second-order valence-electron chi connectivity index (χ2n) is 10.6. The van der Waals surface area contributed by atoms with E-state index >= 15 is 0 Å². The number of amides is 3. The van der Waals surface area contributed by atoms with Crippen molar-refractivity contribution >= 4 is 57.9 Å². The number of carbonyl (C=O) groups is 3. The topological polar surface area (TPSA) is 110 Å². The molecule has 1 saturated heterocycles. The molecule has 12 heteroatoms. The number of nitrogens with zero attached hydrogens (tertiary/aromatic N) is 3. The minimum Gasteiger partial charge on any atom is -0.497 e. The molecule has 226 valence electrons. The minimum absolute atomic E-state index is 0.238. The van der Waals surface area contributed by atoms with E-state index in [1.807, 2.05) is 43.3 Å². The first kappa shape index (κ1) is 29.5. The van der Waals surface area contributed by atoms with Gasteiger partial charge in [0.15, 0.2) is 0 Å². The molecule has 3 heterocycles. The van der Waals surface area contributed by atoms with Gasteiger partial charge in [-0.1, -0.05) is 35.2 Å². The molecule has 0 saturated carbocycles. The van der Waals surface area contributed by atoms with Gasteiger partial charge < -0.3 is 19.7 Å². The summed E-state index contributed by atoms with van der Waals surface area (Å²) in [5.41, 5.74) is 2.81. The Hall–Kier alpha value is -4.55.